The van der Waals surface area contributed by atoms with E-state index >= 15 is 0 Å². The highest BCUT2D eigenvalue weighted by Crippen LogP contribution is 2.53. The molecule has 0 unspecified atom stereocenters. The van der Waals surface area contributed by atoms with Gasteiger partial charge in [0.15, 0.2) is 6.23 Å². The van der Waals surface area contributed by atoms with Crippen LogP contribution in [0.15, 0.2) is 24.3 Å². The van der Waals surface area contributed by atoms with E-state index in [2.05, 4.69) is 0 Å². The van der Waals surface area contributed by atoms with Crippen molar-refractivity contribution in [1.29, 1.82) is 0 Å². The Hall–Kier alpha value is -2.49. The molecule has 4 fully saturated rings. The van der Waals surface area contributed by atoms with Gasteiger partial charge in [-0.25, -0.2) is 4.39 Å². The third-order valence-corrected chi connectivity index (χ3v) is 8.47. The van der Waals surface area contributed by atoms with E-state index < -0.39 is 24.2 Å². The maximum absolute atomic E-state index is 13.4. The standard InChI is InChI=1S/C26H31ClFN3O5/c1-16-25(35)31-18(4-7-22(33)29-11-10-26(8-9-26)21(32)13-29)15-36-24(31)14-30(16)23(34)6-3-17-2-5-20(28)19(27)12-17/h2-3,5-6,12,16,18,21,24,32H,4,7-11,13-15H2,1H3/b6-3+/t16-,18-,21+,24-/m0/s1. The molecule has 4 atom stereocenters. The van der Waals surface area contributed by atoms with E-state index in [0.717, 1.165) is 19.3 Å². The third kappa shape index (κ3) is 4.76. The molecular weight excluding hydrogens is 489 g/mol. The number of amides is 3. The number of ether oxygens (including phenoxy) is 1. The molecule has 3 amide bonds. The lowest BCUT2D eigenvalue weighted by atomic mass is 9.90. The molecule has 194 valence electrons. The van der Waals surface area contributed by atoms with Crippen molar-refractivity contribution >= 4 is 35.4 Å². The van der Waals surface area contributed by atoms with Gasteiger partial charge in [-0.3, -0.25) is 14.4 Å². The summed E-state index contributed by atoms with van der Waals surface area (Å²) in [4.78, 5) is 43.7. The summed E-state index contributed by atoms with van der Waals surface area (Å²) in [5.74, 6) is -1.11. The Morgan fingerprint density at radius 1 is 1.28 bits per heavy atom. The lowest BCUT2D eigenvalue weighted by molar-refractivity contribution is -0.160. The first-order valence-electron chi connectivity index (χ1n) is 12.5. The number of piperidine rings is 1. The molecule has 8 nitrogen and oxygen atoms in total. The van der Waals surface area contributed by atoms with Gasteiger partial charge in [0.25, 0.3) is 0 Å². The van der Waals surface area contributed by atoms with Crippen molar-refractivity contribution in [3.63, 3.8) is 0 Å². The highest BCUT2D eigenvalue weighted by atomic mass is 35.5. The maximum Gasteiger partial charge on any atom is 0.247 e. The SMILES string of the molecule is C[C@H]1C(=O)N2[C@@H](CCC(=O)N3CCC4(CC4)[C@H](O)C3)CO[C@H]2CN1C(=O)/C=C/c1ccc(F)c(Cl)c1. The van der Waals surface area contributed by atoms with Crippen LogP contribution in [0.4, 0.5) is 4.39 Å². The fourth-order valence-corrected chi connectivity index (χ4v) is 5.76. The van der Waals surface area contributed by atoms with Gasteiger partial charge in [-0.05, 0) is 61.8 Å². The Bertz CT molecular complexity index is 1090. The Morgan fingerprint density at radius 2 is 2.06 bits per heavy atom. The minimum Gasteiger partial charge on any atom is -0.391 e. The molecule has 1 saturated carbocycles. The van der Waals surface area contributed by atoms with Crippen LogP contribution in [0.2, 0.25) is 5.02 Å². The van der Waals surface area contributed by atoms with E-state index in [1.165, 1.54) is 35.3 Å². The van der Waals surface area contributed by atoms with Crippen molar-refractivity contribution < 1.29 is 28.6 Å². The van der Waals surface area contributed by atoms with Crippen LogP contribution in [0.5, 0.6) is 0 Å². The highest BCUT2D eigenvalue weighted by molar-refractivity contribution is 6.30. The first-order chi connectivity index (χ1) is 17.2. The summed E-state index contributed by atoms with van der Waals surface area (Å²) in [5, 5.41) is 10.4. The Kier molecular flexibility index (Phi) is 6.82. The number of carbonyl (C=O) groups is 3. The molecule has 1 aromatic carbocycles. The third-order valence-electron chi connectivity index (χ3n) is 8.18. The van der Waals surface area contributed by atoms with Gasteiger partial charge in [0.2, 0.25) is 17.7 Å². The van der Waals surface area contributed by atoms with E-state index in [0.29, 0.717) is 31.7 Å². The molecule has 3 heterocycles. The second kappa shape index (κ2) is 9.76. The zero-order chi connectivity index (χ0) is 25.6. The monoisotopic (exact) mass is 519 g/mol. The van der Waals surface area contributed by atoms with E-state index in [1.54, 1.807) is 16.7 Å². The molecule has 1 N–H and O–H groups in total. The number of halogens is 2. The number of aliphatic hydroxyl groups is 1. The van der Waals surface area contributed by atoms with Crippen molar-refractivity contribution in [2.75, 3.05) is 26.2 Å². The van der Waals surface area contributed by atoms with E-state index in [1.807, 2.05) is 0 Å². The number of likely N-dealkylation sites (tertiary alicyclic amines) is 1. The number of aliphatic hydroxyl groups excluding tert-OH is 1. The molecule has 5 rings (SSSR count). The van der Waals surface area contributed by atoms with Gasteiger partial charge in [0.05, 0.1) is 30.3 Å². The number of rotatable bonds is 5. The molecule has 10 heteroatoms. The van der Waals surface area contributed by atoms with Crippen LogP contribution in [-0.2, 0) is 19.1 Å². The molecule has 1 aromatic rings. The number of benzene rings is 1. The number of hydrogen-bond donors (Lipinski definition) is 1. The van der Waals surface area contributed by atoms with Crippen LogP contribution in [0.25, 0.3) is 6.08 Å². The van der Waals surface area contributed by atoms with Crippen LogP contribution in [0.1, 0.15) is 44.6 Å². The van der Waals surface area contributed by atoms with Gasteiger partial charge >= 0.3 is 0 Å². The highest BCUT2D eigenvalue weighted by Gasteiger charge is 2.52. The number of β-amino-alcohol motifs (C(OH)–C–C–N with tert-alkyl or cyclic N) is 1. The molecule has 3 saturated heterocycles. The average Bonchev–Trinajstić information content (AvgIpc) is 3.53. The largest absolute Gasteiger partial charge is 0.391 e. The van der Waals surface area contributed by atoms with Gasteiger partial charge in [-0.1, -0.05) is 17.7 Å². The van der Waals surface area contributed by atoms with Gasteiger partial charge in [0.1, 0.15) is 11.9 Å². The molecule has 0 radical (unpaired) electrons. The minimum atomic E-state index is -0.679. The number of carbonyl (C=O) groups excluding carboxylic acids is 3. The second-order valence-electron chi connectivity index (χ2n) is 10.4. The molecule has 1 spiro atoms. The molecule has 4 aliphatic rings. The first kappa shape index (κ1) is 25.2. The molecule has 1 aliphatic carbocycles. The summed E-state index contributed by atoms with van der Waals surface area (Å²) in [6, 6.07) is 3.26. The molecular formula is C26H31ClFN3O5. The van der Waals surface area contributed by atoms with Gasteiger partial charge in [-0.2, -0.15) is 0 Å². The van der Waals surface area contributed by atoms with Crippen LogP contribution in [0.3, 0.4) is 0 Å². The van der Waals surface area contributed by atoms with E-state index in [9.17, 15) is 23.9 Å². The summed E-state index contributed by atoms with van der Waals surface area (Å²) in [7, 11) is 0. The lowest BCUT2D eigenvalue weighted by Crippen LogP contribution is -2.61. The van der Waals surface area contributed by atoms with Crippen molar-refractivity contribution in [3.8, 4) is 0 Å². The average molecular weight is 520 g/mol. The summed E-state index contributed by atoms with van der Waals surface area (Å²) < 4.78 is 19.2. The normalized spacial score (nSPS) is 29.2. The van der Waals surface area contributed by atoms with Crippen LogP contribution in [-0.4, -0.2) is 88.2 Å². The smallest absolute Gasteiger partial charge is 0.247 e. The predicted molar refractivity (Wildman–Crippen MR) is 130 cm³/mol. The van der Waals surface area contributed by atoms with Crippen molar-refractivity contribution in [2.45, 2.75) is 63.4 Å². The van der Waals surface area contributed by atoms with E-state index in [-0.39, 0.29) is 47.2 Å². The number of piperazine rings is 1. The van der Waals surface area contributed by atoms with E-state index in [4.69, 9.17) is 16.3 Å². The zero-order valence-electron chi connectivity index (χ0n) is 20.2. The number of fused-ring (bicyclic) bond motifs is 1. The Labute approximate surface area is 214 Å². The summed E-state index contributed by atoms with van der Waals surface area (Å²) in [6.07, 6.45) is 5.56. The summed E-state index contributed by atoms with van der Waals surface area (Å²) in [6.45, 7) is 3.28. The fraction of sp³-hybridized carbons (Fsp3) is 0.577. The summed E-state index contributed by atoms with van der Waals surface area (Å²) >= 11 is 5.80. The van der Waals surface area contributed by atoms with Crippen molar-refractivity contribution in [3.05, 3.63) is 40.7 Å². The summed E-state index contributed by atoms with van der Waals surface area (Å²) in [5.41, 5.74) is 0.618. The molecule has 0 bridgehead atoms. The fourth-order valence-electron chi connectivity index (χ4n) is 5.57. The number of nitrogens with zero attached hydrogens (tertiary/aromatic N) is 3. The Morgan fingerprint density at radius 3 is 2.75 bits per heavy atom. The van der Waals surface area contributed by atoms with Crippen LogP contribution >= 0.6 is 11.6 Å². The number of hydrogen-bond acceptors (Lipinski definition) is 5. The first-order valence-corrected chi connectivity index (χ1v) is 12.9. The predicted octanol–water partition coefficient (Wildman–Crippen LogP) is 2.43. The van der Waals surface area contributed by atoms with Crippen LogP contribution in [0, 0.1) is 11.2 Å². The minimum absolute atomic E-state index is 0.00616. The Balaban J connectivity index is 1.16. The van der Waals surface area contributed by atoms with Crippen molar-refractivity contribution in [2.24, 2.45) is 5.41 Å². The molecule has 36 heavy (non-hydrogen) atoms. The van der Waals surface area contributed by atoms with Gasteiger partial charge in [-0.15, -0.1) is 0 Å². The lowest BCUT2D eigenvalue weighted by Gasteiger charge is -2.42. The molecule has 3 aliphatic heterocycles. The quantitative estimate of drug-likeness (QED) is 0.603. The van der Waals surface area contributed by atoms with Gasteiger partial charge in [0, 0.05) is 25.6 Å². The van der Waals surface area contributed by atoms with Crippen molar-refractivity contribution in [1.82, 2.24) is 14.7 Å². The zero-order valence-corrected chi connectivity index (χ0v) is 21.0. The second-order valence-corrected chi connectivity index (χ2v) is 10.8. The molecule has 0 aromatic heterocycles. The topological polar surface area (TPSA) is 90.4 Å². The van der Waals surface area contributed by atoms with Crippen LogP contribution < -0.4 is 0 Å². The van der Waals surface area contributed by atoms with Gasteiger partial charge < -0.3 is 24.5 Å². The maximum atomic E-state index is 13.4.